The molecule has 3 nitrogen and oxygen atoms in total. The highest BCUT2D eigenvalue weighted by Crippen LogP contribution is 2.22. The van der Waals surface area contributed by atoms with E-state index in [9.17, 15) is 8.42 Å². The van der Waals surface area contributed by atoms with Crippen molar-refractivity contribution in [3.63, 3.8) is 0 Å². The smallest absolute Gasteiger partial charge is 0.235 e. The summed E-state index contributed by atoms with van der Waals surface area (Å²) in [5.74, 6) is 0.269. The summed E-state index contributed by atoms with van der Waals surface area (Å²) in [6.45, 7) is 0.604. The lowest BCUT2D eigenvalue weighted by molar-refractivity contribution is 0.599. The summed E-state index contributed by atoms with van der Waals surface area (Å²) in [4.78, 5) is 0. The summed E-state index contributed by atoms with van der Waals surface area (Å²) in [5.41, 5.74) is 0.747. The number of rotatable bonds is 1. The van der Waals surface area contributed by atoms with Crippen LogP contribution in [0.5, 0.6) is 0 Å². The predicted octanol–water partition coefficient (Wildman–Crippen LogP) is 1.03. The van der Waals surface area contributed by atoms with Crippen LogP contribution in [0.1, 0.15) is 6.42 Å². The van der Waals surface area contributed by atoms with E-state index < -0.39 is 10.0 Å². The molecule has 0 spiro atoms. The first-order valence-electron chi connectivity index (χ1n) is 4.17. The lowest BCUT2D eigenvalue weighted by Gasteiger charge is -2.15. The van der Waals surface area contributed by atoms with Gasteiger partial charge in [0.05, 0.1) is 11.4 Å². The molecule has 1 aliphatic rings. The van der Waals surface area contributed by atoms with Crippen LogP contribution in [-0.4, -0.2) is 20.7 Å². The Hall–Kier alpha value is -1.03. The van der Waals surface area contributed by atoms with E-state index in [0.29, 0.717) is 6.54 Å². The van der Waals surface area contributed by atoms with Crippen molar-refractivity contribution in [1.82, 2.24) is 0 Å². The maximum atomic E-state index is 11.5. The van der Waals surface area contributed by atoms with Gasteiger partial charge < -0.3 is 0 Å². The van der Waals surface area contributed by atoms with Crippen molar-refractivity contribution in [3.05, 3.63) is 30.3 Å². The lowest BCUT2D eigenvalue weighted by Crippen LogP contribution is -2.24. The highest BCUT2D eigenvalue weighted by atomic mass is 32.2. The summed E-state index contributed by atoms with van der Waals surface area (Å²) >= 11 is 0. The van der Waals surface area contributed by atoms with Crippen LogP contribution < -0.4 is 4.31 Å². The largest absolute Gasteiger partial charge is 0.270 e. The molecule has 1 heterocycles. The van der Waals surface area contributed by atoms with Crippen molar-refractivity contribution >= 4 is 15.7 Å². The van der Waals surface area contributed by atoms with Crippen LogP contribution in [0.15, 0.2) is 24.3 Å². The van der Waals surface area contributed by atoms with Crippen LogP contribution in [0.3, 0.4) is 0 Å². The van der Waals surface area contributed by atoms with Crippen molar-refractivity contribution in [1.29, 1.82) is 0 Å². The molecule has 1 radical (unpaired) electrons. The molecule has 0 aromatic heterocycles. The van der Waals surface area contributed by atoms with Crippen molar-refractivity contribution in [2.75, 3.05) is 16.6 Å². The first-order valence-corrected chi connectivity index (χ1v) is 5.77. The van der Waals surface area contributed by atoms with Gasteiger partial charge in [-0.25, -0.2) is 8.42 Å². The van der Waals surface area contributed by atoms with Crippen LogP contribution in [0.2, 0.25) is 0 Å². The maximum Gasteiger partial charge on any atom is 0.235 e. The first kappa shape index (κ1) is 8.56. The summed E-state index contributed by atoms with van der Waals surface area (Å²) in [7, 11) is -3.02. The van der Waals surface area contributed by atoms with Gasteiger partial charge in [-0.2, -0.15) is 0 Å². The van der Waals surface area contributed by atoms with Gasteiger partial charge in [-0.3, -0.25) is 4.31 Å². The number of hydrogen-bond acceptors (Lipinski definition) is 2. The molecule has 4 heteroatoms. The van der Waals surface area contributed by atoms with Crippen LogP contribution >= 0.6 is 0 Å². The van der Waals surface area contributed by atoms with Crippen molar-refractivity contribution in [2.24, 2.45) is 0 Å². The van der Waals surface area contributed by atoms with Gasteiger partial charge in [0, 0.05) is 6.54 Å². The number of anilines is 1. The molecule has 0 aliphatic carbocycles. The maximum absolute atomic E-state index is 11.5. The number of nitrogens with zero attached hydrogens (tertiary/aromatic N) is 1. The molecule has 0 atom stereocenters. The number of benzene rings is 1. The Morgan fingerprint density at radius 1 is 1.31 bits per heavy atom. The van der Waals surface area contributed by atoms with Gasteiger partial charge in [-0.05, 0) is 24.6 Å². The third-order valence-corrected chi connectivity index (χ3v) is 3.96. The lowest BCUT2D eigenvalue weighted by atomic mass is 10.3. The van der Waals surface area contributed by atoms with Gasteiger partial charge in [0.15, 0.2) is 0 Å². The molecule has 0 N–H and O–H groups in total. The van der Waals surface area contributed by atoms with Crippen molar-refractivity contribution < 1.29 is 8.42 Å². The third-order valence-electron chi connectivity index (χ3n) is 2.09. The van der Waals surface area contributed by atoms with E-state index in [1.165, 1.54) is 4.31 Å². The van der Waals surface area contributed by atoms with E-state index in [1.807, 2.05) is 0 Å². The zero-order valence-electron chi connectivity index (χ0n) is 7.10. The minimum atomic E-state index is -3.02. The molecule has 1 saturated heterocycles. The molecule has 2 rings (SSSR count). The molecule has 0 amide bonds. The summed E-state index contributed by atoms with van der Waals surface area (Å²) in [6, 6.07) is 9.85. The van der Waals surface area contributed by atoms with Gasteiger partial charge in [-0.15, -0.1) is 0 Å². The third kappa shape index (κ3) is 1.54. The fourth-order valence-electron chi connectivity index (χ4n) is 1.47. The second kappa shape index (κ2) is 3.03. The zero-order chi connectivity index (χ0) is 9.31. The van der Waals surface area contributed by atoms with Gasteiger partial charge in [0.2, 0.25) is 10.0 Å². The Morgan fingerprint density at radius 2 is 2.00 bits per heavy atom. The molecular formula is C9H10NO2S. The monoisotopic (exact) mass is 196 g/mol. The predicted molar refractivity (Wildman–Crippen MR) is 51.0 cm³/mol. The number of sulfonamides is 1. The van der Waals surface area contributed by atoms with Gasteiger partial charge in [-0.1, -0.05) is 12.1 Å². The average Bonchev–Trinajstić information content (AvgIpc) is 2.47. The van der Waals surface area contributed by atoms with Gasteiger partial charge >= 0.3 is 0 Å². The van der Waals surface area contributed by atoms with Crippen LogP contribution in [0, 0.1) is 6.07 Å². The number of hydrogen-bond donors (Lipinski definition) is 0. The van der Waals surface area contributed by atoms with Crippen molar-refractivity contribution in [3.8, 4) is 0 Å². The normalized spacial score (nSPS) is 20.5. The summed E-state index contributed by atoms with van der Waals surface area (Å²) < 4.78 is 24.4. The van der Waals surface area contributed by atoms with E-state index in [1.54, 1.807) is 24.3 Å². The van der Waals surface area contributed by atoms with Gasteiger partial charge in [0.1, 0.15) is 0 Å². The second-order valence-electron chi connectivity index (χ2n) is 3.00. The summed E-state index contributed by atoms with van der Waals surface area (Å²) in [5, 5.41) is 0. The van der Waals surface area contributed by atoms with Crippen molar-refractivity contribution in [2.45, 2.75) is 6.42 Å². The Labute approximate surface area is 78.0 Å². The fourth-order valence-corrected chi connectivity index (χ4v) is 3.04. The van der Waals surface area contributed by atoms with Crippen LogP contribution in [0.4, 0.5) is 5.69 Å². The molecule has 1 aromatic carbocycles. The zero-order valence-corrected chi connectivity index (χ0v) is 7.92. The molecule has 0 unspecified atom stereocenters. The molecule has 1 aliphatic heterocycles. The highest BCUT2D eigenvalue weighted by Gasteiger charge is 2.27. The van der Waals surface area contributed by atoms with E-state index in [4.69, 9.17) is 0 Å². The standard InChI is InChI=1S/C9H10NO2S/c11-13(12)8-4-7-10(13)9-5-2-1-3-6-9/h2-3,5-6H,4,7-8H2. The molecule has 69 valence electrons. The minimum absolute atomic E-state index is 0.269. The Kier molecular flexibility index (Phi) is 2.00. The molecule has 1 aromatic rings. The SMILES string of the molecule is O=S1(=O)CCCN1c1cc[c]cc1. The molecule has 0 bridgehead atoms. The molecule has 1 fully saturated rings. The quantitative estimate of drug-likeness (QED) is 0.672. The van der Waals surface area contributed by atoms with E-state index >= 15 is 0 Å². The van der Waals surface area contributed by atoms with Crippen LogP contribution in [0.25, 0.3) is 0 Å². The average molecular weight is 196 g/mol. The van der Waals surface area contributed by atoms with E-state index in [2.05, 4.69) is 6.07 Å². The molecular weight excluding hydrogens is 186 g/mol. The van der Waals surface area contributed by atoms with E-state index in [-0.39, 0.29) is 5.75 Å². The first-order chi connectivity index (χ1) is 6.20. The Bertz CT molecular complexity index is 385. The molecule has 13 heavy (non-hydrogen) atoms. The Balaban J connectivity index is 2.38. The fraction of sp³-hybridized carbons (Fsp3) is 0.333. The topological polar surface area (TPSA) is 37.4 Å². The Morgan fingerprint density at radius 3 is 2.54 bits per heavy atom. The van der Waals surface area contributed by atoms with E-state index in [0.717, 1.165) is 12.1 Å². The minimum Gasteiger partial charge on any atom is -0.270 e. The second-order valence-corrected chi connectivity index (χ2v) is 5.01. The van der Waals surface area contributed by atoms with Crippen LogP contribution in [-0.2, 0) is 10.0 Å². The summed E-state index contributed by atoms with van der Waals surface area (Å²) in [6.07, 6.45) is 0.723. The van der Waals surface area contributed by atoms with Gasteiger partial charge in [0.25, 0.3) is 0 Å². The highest BCUT2D eigenvalue weighted by molar-refractivity contribution is 7.93. The molecule has 0 saturated carbocycles.